The fraction of sp³-hybridized carbons (Fsp3) is 0.571. The van der Waals surface area contributed by atoms with Gasteiger partial charge in [-0.2, -0.15) is 0 Å². The highest BCUT2D eigenvalue weighted by Crippen LogP contribution is 1.94. The highest BCUT2D eigenvalue weighted by Gasteiger charge is 1.91. The largest absolute Gasteiger partial charge is 0.413 e. The predicted octanol–water partition coefficient (Wildman–Crippen LogP) is 2.85. The summed E-state index contributed by atoms with van der Waals surface area (Å²) in [6.07, 6.45) is 4.11. The van der Waals surface area contributed by atoms with E-state index < -0.39 is 0 Å². The number of hydrogen-bond donors (Lipinski definition) is 1. The van der Waals surface area contributed by atoms with Crippen molar-refractivity contribution in [2.24, 2.45) is 0 Å². The summed E-state index contributed by atoms with van der Waals surface area (Å²) in [5, 5.41) is 5.50. The molecule has 0 aromatic carbocycles. The summed E-state index contributed by atoms with van der Waals surface area (Å²) in [7, 11) is 0. The second kappa shape index (κ2) is 22.4. The molecule has 4 heteroatoms. The van der Waals surface area contributed by atoms with Crippen molar-refractivity contribution in [1.29, 1.82) is 5.41 Å². The average molecular weight is 236 g/mol. The Morgan fingerprint density at radius 3 is 2.36 bits per heavy atom. The summed E-state index contributed by atoms with van der Waals surface area (Å²) in [5.41, 5.74) is 0. The fourth-order valence-electron chi connectivity index (χ4n) is 0.560. The van der Waals surface area contributed by atoms with Gasteiger partial charge in [-0.05, 0) is 17.9 Å². The highest BCUT2D eigenvalue weighted by molar-refractivity contribution is 8.93. The van der Waals surface area contributed by atoms with Crippen LogP contribution in [-0.2, 0) is 0 Å². The number of allylic oxidation sites excluding steroid dienone is 1. The van der Waals surface area contributed by atoms with E-state index in [0.29, 0.717) is 0 Å². The maximum Gasteiger partial charge on any atom is 0.413 e. The van der Waals surface area contributed by atoms with E-state index in [4.69, 9.17) is 5.41 Å². The number of halogens is 2. The molecule has 1 N–H and O–H groups in total. The third kappa shape index (κ3) is 25.0. The smallest absolute Gasteiger partial charge is 0.317 e. The van der Waals surface area contributed by atoms with Gasteiger partial charge in [0.05, 0.1) is 0 Å². The van der Waals surface area contributed by atoms with Crippen LogP contribution in [0.15, 0.2) is 12.7 Å². The van der Waals surface area contributed by atoms with E-state index in [9.17, 15) is 4.39 Å². The Kier molecular flexibility index (Phi) is 35.9. The lowest BCUT2D eigenvalue weighted by Crippen LogP contribution is -1.90. The molecular formula is C7H15BrFMgN. The summed E-state index contributed by atoms with van der Waals surface area (Å²) in [4.78, 5) is -0.0306. The zero-order valence-electron chi connectivity index (χ0n) is 6.81. The third-order valence-corrected chi connectivity index (χ3v) is 2.31. The van der Waals surface area contributed by atoms with Crippen molar-refractivity contribution in [3.63, 3.8) is 0 Å². The molecule has 0 radical (unpaired) electrons. The van der Waals surface area contributed by atoms with Crippen molar-refractivity contribution in [2.45, 2.75) is 17.4 Å². The van der Waals surface area contributed by atoms with E-state index >= 15 is 0 Å². The van der Waals surface area contributed by atoms with E-state index in [1.165, 1.54) is 0 Å². The number of nitrogens with one attached hydrogen (secondary N) is 1. The van der Waals surface area contributed by atoms with Crippen molar-refractivity contribution in [3.8, 4) is 0 Å². The highest BCUT2D eigenvalue weighted by atomic mass is 79.9. The molecule has 64 valence electrons. The Labute approximate surface area is 88.4 Å². The van der Waals surface area contributed by atoms with Crippen molar-refractivity contribution >= 4 is 44.1 Å². The van der Waals surface area contributed by atoms with Gasteiger partial charge in [-0.3, -0.25) is 4.39 Å². The SMILES string of the molecule is Br.C=CCC[CH2][Mg][CH2]F.C=N. The molecule has 0 heterocycles. The summed E-state index contributed by atoms with van der Waals surface area (Å²) in [6.45, 7) is 6.08. The standard InChI is InChI=1S/C5H9.CH2F.CH3N.BrH.Mg/c1-3-5-4-2;2*1-2;;/h3H,1-2,4-5H2;1H2;2H,1H2;1H;. The molecule has 1 nitrogen and oxygen atoms in total. The van der Waals surface area contributed by atoms with E-state index in [0.717, 1.165) is 17.4 Å². The number of unbranched alkanes of at least 4 members (excludes halogenated alkanes) is 1. The van der Waals surface area contributed by atoms with Crippen molar-refractivity contribution in [1.82, 2.24) is 0 Å². The van der Waals surface area contributed by atoms with Crippen LogP contribution in [0.3, 0.4) is 0 Å². The minimum atomic E-state index is -0.313. The zero-order chi connectivity index (χ0) is 8.24. The van der Waals surface area contributed by atoms with Gasteiger partial charge >= 0.3 is 20.4 Å². The Balaban J connectivity index is -0.000000196. The summed E-state index contributed by atoms with van der Waals surface area (Å²) in [5.74, 6) is 0. The molecule has 0 spiro atoms. The molecule has 0 aromatic heterocycles. The van der Waals surface area contributed by atoms with Gasteiger partial charge in [0.2, 0.25) is 0 Å². The molecule has 0 amide bonds. The molecule has 0 rings (SSSR count). The predicted molar refractivity (Wildman–Crippen MR) is 56.1 cm³/mol. The van der Waals surface area contributed by atoms with Gasteiger partial charge in [0, 0.05) is 0 Å². The summed E-state index contributed by atoms with van der Waals surface area (Å²) in [6, 6.07) is 0. The first kappa shape index (κ1) is 17.6. The molecule has 0 aliphatic rings. The maximum atomic E-state index is 11.5. The first-order valence-corrected chi connectivity index (χ1v) is 5.44. The van der Waals surface area contributed by atoms with Gasteiger partial charge < -0.3 is 5.41 Å². The lowest BCUT2D eigenvalue weighted by molar-refractivity contribution is 0.591. The Bertz CT molecular complexity index is 73.5. The van der Waals surface area contributed by atoms with Crippen LogP contribution < -0.4 is 0 Å². The second-order valence-corrected chi connectivity index (χ2v) is 3.62. The second-order valence-electron chi connectivity index (χ2n) is 1.83. The molecule has 0 saturated heterocycles. The first-order valence-electron chi connectivity index (χ1n) is 3.44. The molecular weight excluding hydrogens is 221 g/mol. The summed E-state index contributed by atoms with van der Waals surface area (Å²) < 4.78 is 12.6. The minimum absolute atomic E-state index is 0. The molecule has 0 aromatic rings. The quantitative estimate of drug-likeness (QED) is 0.328. The molecule has 0 atom stereocenters. The summed E-state index contributed by atoms with van der Waals surface area (Å²) >= 11 is -0.313. The lowest BCUT2D eigenvalue weighted by Gasteiger charge is -1.87. The van der Waals surface area contributed by atoms with Crippen LogP contribution >= 0.6 is 17.0 Å². The van der Waals surface area contributed by atoms with Crippen molar-refractivity contribution in [3.05, 3.63) is 12.7 Å². The number of hydrogen-bond acceptors (Lipinski definition) is 1. The van der Waals surface area contributed by atoms with Gasteiger partial charge in [0.1, 0.15) is 0 Å². The molecule has 0 aliphatic heterocycles. The van der Waals surface area contributed by atoms with Crippen LogP contribution in [0.4, 0.5) is 4.39 Å². The lowest BCUT2D eigenvalue weighted by atomic mass is 10.3. The number of rotatable bonds is 5. The van der Waals surface area contributed by atoms with Crippen LogP contribution in [0, 0.1) is 5.41 Å². The Morgan fingerprint density at radius 1 is 1.45 bits per heavy atom. The van der Waals surface area contributed by atoms with E-state index in [1.54, 1.807) is 0 Å². The molecule has 11 heavy (non-hydrogen) atoms. The van der Waals surface area contributed by atoms with Gasteiger partial charge in [-0.25, -0.2) is 0 Å². The molecule has 0 saturated carbocycles. The number of alkyl halides is 1. The van der Waals surface area contributed by atoms with Crippen LogP contribution in [0.5, 0.6) is 0 Å². The molecule has 0 bridgehead atoms. The minimum Gasteiger partial charge on any atom is -0.317 e. The van der Waals surface area contributed by atoms with Crippen LogP contribution in [-0.4, -0.2) is 31.9 Å². The fourth-order valence-corrected chi connectivity index (χ4v) is 1.39. The van der Waals surface area contributed by atoms with Crippen molar-refractivity contribution in [2.75, 3.05) is 4.80 Å². The van der Waals surface area contributed by atoms with Crippen LogP contribution in [0.1, 0.15) is 12.8 Å². The van der Waals surface area contributed by atoms with E-state index in [1.807, 2.05) is 6.08 Å². The van der Waals surface area contributed by atoms with E-state index in [2.05, 4.69) is 13.3 Å². The average Bonchev–Trinajstić information content (AvgIpc) is 2.02. The Hall–Kier alpha value is 0.586. The van der Waals surface area contributed by atoms with Gasteiger partial charge in [0.15, 0.2) is 0 Å². The third-order valence-electron chi connectivity index (χ3n) is 1.04. The van der Waals surface area contributed by atoms with Gasteiger partial charge in [-0.15, -0.1) is 28.1 Å². The van der Waals surface area contributed by atoms with E-state index in [-0.39, 0.29) is 42.2 Å². The first-order chi connectivity index (χ1) is 4.91. The topological polar surface area (TPSA) is 23.9 Å². The van der Waals surface area contributed by atoms with Gasteiger partial charge in [0.25, 0.3) is 0 Å². The monoisotopic (exact) mass is 235 g/mol. The molecule has 0 fully saturated rings. The molecule has 0 aliphatic carbocycles. The maximum absolute atomic E-state index is 11.5. The van der Waals surface area contributed by atoms with Crippen LogP contribution in [0.25, 0.3) is 0 Å². The normalized spacial score (nSPS) is 6.27. The van der Waals surface area contributed by atoms with Crippen molar-refractivity contribution < 1.29 is 4.39 Å². The van der Waals surface area contributed by atoms with Gasteiger partial charge in [-0.1, -0.05) is 12.5 Å². The zero-order valence-corrected chi connectivity index (χ0v) is 9.94. The van der Waals surface area contributed by atoms with Crippen LogP contribution in [0.2, 0.25) is 4.55 Å². The molecule has 0 unspecified atom stereocenters. The Morgan fingerprint density at radius 2 is 2.00 bits per heavy atom.